The molecule has 0 spiro atoms. The second-order valence-electron chi connectivity index (χ2n) is 5.95. The number of benzene rings is 1. The van der Waals surface area contributed by atoms with Crippen molar-refractivity contribution in [1.29, 1.82) is 0 Å². The van der Waals surface area contributed by atoms with Crippen molar-refractivity contribution >= 4 is 5.91 Å². The number of amides is 1. The molecule has 116 valence electrons. The van der Waals surface area contributed by atoms with Crippen molar-refractivity contribution in [3.05, 3.63) is 42.1 Å². The van der Waals surface area contributed by atoms with Gasteiger partial charge in [0, 0.05) is 24.2 Å². The second kappa shape index (κ2) is 6.32. The first-order valence-electron chi connectivity index (χ1n) is 7.84. The number of nitrogens with two attached hydrogens (primary N) is 1. The van der Waals surface area contributed by atoms with Crippen LogP contribution in [0.15, 0.2) is 36.4 Å². The van der Waals surface area contributed by atoms with Gasteiger partial charge >= 0.3 is 0 Å². The lowest BCUT2D eigenvalue weighted by molar-refractivity contribution is 0.0577. The lowest BCUT2D eigenvalue weighted by atomic mass is 9.96. The summed E-state index contributed by atoms with van der Waals surface area (Å²) in [4.78, 5) is 14.7. The number of nitrogens with zero attached hydrogens (tertiary/aromatic N) is 2. The molecule has 2 unspecified atom stereocenters. The Labute approximate surface area is 130 Å². The summed E-state index contributed by atoms with van der Waals surface area (Å²) in [7, 11) is 0. The molecule has 22 heavy (non-hydrogen) atoms. The molecule has 1 aliphatic rings. The van der Waals surface area contributed by atoms with Gasteiger partial charge in [0.05, 0.1) is 5.69 Å². The Hall–Kier alpha value is -2.14. The van der Waals surface area contributed by atoms with Gasteiger partial charge in [-0.3, -0.25) is 9.89 Å². The van der Waals surface area contributed by atoms with Gasteiger partial charge in [0.25, 0.3) is 5.91 Å². The normalized spacial score (nSPS) is 19.9. The first-order valence-corrected chi connectivity index (χ1v) is 7.84. The fourth-order valence-electron chi connectivity index (χ4n) is 3.10. The van der Waals surface area contributed by atoms with Gasteiger partial charge in [-0.25, -0.2) is 0 Å². The zero-order valence-corrected chi connectivity index (χ0v) is 12.8. The van der Waals surface area contributed by atoms with E-state index < -0.39 is 0 Å². The lowest BCUT2D eigenvalue weighted by Crippen LogP contribution is -2.51. The van der Waals surface area contributed by atoms with Gasteiger partial charge in [-0.1, -0.05) is 30.3 Å². The molecule has 1 fully saturated rings. The van der Waals surface area contributed by atoms with Gasteiger partial charge in [-0.15, -0.1) is 0 Å². The van der Waals surface area contributed by atoms with Crippen LogP contribution in [0.2, 0.25) is 0 Å². The second-order valence-corrected chi connectivity index (χ2v) is 5.95. The number of H-pyrrole nitrogens is 1. The van der Waals surface area contributed by atoms with E-state index in [0.29, 0.717) is 5.69 Å². The molecule has 0 aliphatic carbocycles. The number of rotatable bonds is 3. The van der Waals surface area contributed by atoms with E-state index in [0.717, 1.165) is 37.1 Å². The topological polar surface area (TPSA) is 75.0 Å². The number of piperidine rings is 1. The van der Waals surface area contributed by atoms with Crippen LogP contribution in [0.25, 0.3) is 11.3 Å². The Morgan fingerprint density at radius 2 is 2.14 bits per heavy atom. The third kappa shape index (κ3) is 2.90. The van der Waals surface area contributed by atoms with Crippen LogP contribution in [0.5, 0.6) is 0 Å². The van der Waals surface area contributed by atoms with E-state index in [9.17, 15) is 4.79 Å². The molecule has 2 atom stereocenters. The summed E-state index contributed by atoms with van der Waals surface area (Å²) in [6.45, 7) is 2.74. The van der Waals surface area contributed by atoms with E-state index in [1.54, 1.807) is 0 Å². The zero-order chi connectivity index (χ0) is 15.5. The zero-order valence-electron chi connectivity index (χ0n) is 12.8. The van der Waals surface area contributed by atoms with Crippen molar-refractivity contribution in [2.75, 3.05) is 6.54 Å². The number of carbonyl (C=O) groups excluding carboxylic acids is 1. The van der Waals surface area contributed by atoms with Gasteiger partial charge < -0.3 is 10.6 Å². The molecule has 3 N–H and O–H groups in total. The van der Waals surface area contributed by atoms with Crippen LogP contribution < -0.4 is 5.73 Å². The first kappa shape index (κ1) is 14.8. The van der Waals surface area contributed by atoms with Crippen LogP contribution in [-0.2, 0) is 0 Å². The number of hydrogen-bond acceptors (Lipinski definition) is 3. The summed E-state index contributed by atoms with van der Waals surface area (Å²) in [5.41, 5.74) is 8.37. The molecule has 1 aliphatic heterocycles. The minimum atomic E-state index is -0.0132. The highest BCUT2D eigenvalue weighted by Crippen LogP contribution is 2.23. The van der Waals surface area contributed by atoms with E-state index >= 15 is 0 Å². The number of aromatic nitrogens is 2. The van der Waals surface area contributed by atoms with E-state index in [2.05, 4.69) is 10.2 Å². The van der Waals surface area contributed by atoms with Crippen molar-refractivity contribution in [3.8, 4) is 11.3 Å². The van der Waals surface area contributed by atoms with E-state index in [-0.39, 0.29) is 18.0 Å². The van der Waals surface area contributed by atoms with Crippen molar-refractivity contribution in [1.82, 2.24) is 15.1 Å². The number of aromatic amines is 1. The van der Waals surface area contributed by atoms with Crippen molar-refractivity contribution < 1.29 is 4.79 Å². The minimum Gasteiger partial charge on any atom is -0.333 e. The van der Waals surface area contributed by atoms with Gasteiger partial charge in [0.2, 0.25) is 0 Å². The summed E-state index contributed by atoms with van der Waals surface area (Å²) < 4.78 is 0. The summed E-state index contributed by atoms with van der Waals surface area (Å²) in [5.74, 6) is -0.00307. The standard InChI is InChI=1S/C17H22N4O/c1-12(18)16-9-5-6-10-21(16)17(22)15-11-14(19-20-15)13-7-3-2-4-8-13/h2-4,7-8,11-12,16H,5-6,9-10,18H2,1H3,(H,19,20). The number of hydrogen-bond donors (Lipinski definition) is 2. The molecule has 1 amide bonds. The fraction of sp³-hybridized carbons (Fsp3) is 0.412. The molecule has 0 radical (unpaired) electrons. The molecule has 1 saturated heterocycles. The lowest BCUT2D eigenvalue weighted by Gasteiger charge is -2.37. The monoisotopic (exact) mass is 298 g/mol. The first-order chi connectivity index (χ1) is 10.7. The predicted octanol–water partition coefficient (Wildman–Crippen LogP) is 2.42. The quantitative estimate of drug-likeness (QED) is 0.913. The van der Waals surface area contributed by atoms with Crippen LogP contribution in [0.1, 0.15) is 36.7 Å². The highest BCUT2D eigenvalue weighted by atomic mass is 16.2. The third-order valence-electron chi connectivity index (χ3n) is 4.29. The predicted molar refractivity (Wildman–Crippen MR) is 86.3 cm³/mol. The van der Waals surface area contributed by atoms with Crippen molar-refractivity contribution in [3.63, 3.8) is 0 Å². The highest BCUT2D eigenvalue weighted by Gasteiger charge is 2.30. The molecule has 0 bridgehead atoms. The maximum absolute atomic E-state index is 12.8. The Morgan fingerprint density at radius 1 is 1.36 bits per heavy atom. The Bertz CT molecular complexity index is 635. The summed E-state index contributed by atoms with van der Waals surface area (Å²) >= 11 is 0. The van der Waals surface area contributed by atoms with Gasteiger partial charge in [-0.2, -0.15) is 5.10 Å². The molecule has 0 saturated carbocycles. The molecule has 2 heterocycles. The molecule has 2 aromatic rings. The van der Waals surface area contributed by atoms with Crippen LogP contribution in [0, 0.1) is 0 Å². The average molecular weight is 298 g/mol. The third-order valence-corrected chi connectivity index (χ3v) is 4.29. The van der Waals surface area contributed by atoms with Crippen molar-refractivity contribution in [2.24, 2.45) is 5.73 Å². The Balaban J connectivity index is 1.82. The average Bonchev–Trinajstić information content (AvgIpc) is 3.05. The van der Waals surface area contributed by atoms with Gasteiger partial charge in [0.1, 0.15) is 5.69 Å². The maximum Gasteiger partial charge on any atom is 0.272 e. The SMILES string of the molecule is CC(N)C1CCCCN1C(=O)c1cc(-c2ccccc2)n[nH]1. The summed E-state index contributed by atoms with van der Waals surface area (Å²) in [6.07, 6.45) is 3.14. The Morgan fingerprint density at radius 3 is 2.86 bits per heavy atom. The van der Waals surface area contributed by atoms with E-state index in [1.165, 1.54) is 0 Å². The smallest absolute Gasteiger partial charge is 0.272 e. The molecule has 1 aromatic heterocycles. The fourth-order valence-corrected chi connectivity index (χ4v) is 3.10. The van der Waals surface area contributed by atoms with Crippen LogP contribution >= 0.6 is 0 Å². The van der Waals surface area contributed by atoms with E-state index in [1.807, 2.05) is 48.2 Å². The number of carbonyl (C=O) groups is 1. The summed E-state index contributed by atoms with van der Waals surface area (Å²) in [5, 5.41) is 7.15. The molecule has 5 nitrogen and oxygen atoms in total. The largest absolute Gasteiger partial charge is 0.333 e. The number of nitrogens with one attached hydrogen (secondary N) is 1. The molecule has 1 aromatic carbocycles. The van der Waals surface area contributed by atoms with Crippen molar-refractivity contribution in [2.45, 2.75) is 38.3 Å². The molecule has 3 rings (SSSR count). The minimum absolute atomic E-state index is 0.00307. The Kier molecular flexibility index (Phi) is 4.24. The van der Waals surface area contributed by atoms with Crippen LogP contribution in [0.3, 0.4) is 0 Å². The highest BCUT2D eigenvalue weighted by molar-refractivity contribution is 5.93. The van der Waals surface area contributed by atoms with E-state index in [4.69, 9.17) is 5.73 Å². The van der Waals surface area contributed by atoms with Gasteiger partial charge in [-0.05, 0) is 32.3 Å². The molecule has 5 heteroatoms. The number of likely N-dealkylation sites (tertiary alicyclic amines) is 1. The molecular weight excluding hydrogens is 276 g/mol. The van der Waals surface area contributed by atoms with Crippen LogP contribution in [0.4, 0.5) is 0 Å². The maximum atomic E-state index is 12.8. The van der Waals surface area contributed by atoms with Gasteiger partial charge in [0.15, 0.2) is 0 Å². The van der Waals surface area contributed by atoms with Crippen LogP contribution in [-0.4, -0.2) is 39.6 Å². The summed E-state index contributed by atoms with van der Waals surface area (Å²) in [6, 6.07) is 11.8. The molecular formula is C17H22N4O.